The SMILES string of the molecule is CSCB1c2ccccc2-c2ccc(C(C)C)c(C)c21. The van der Waals surface area contributed by atoms with Gasteiger partial charge in [0.2, 0.25) is 6.71 Å². The zero-order valence-electron chi connectivity index (χ0n) is 12.7. The highest BCUT2D eigenvalue weighted by molar-refractivity contribution is 8.00. The molecule has 0 fully saturated rings. The predicted octanol–water partition coefficient (Wildman–Crippen LogP) is 3.61. The molecule has 0 N–H and O–H groups in total. The second kappa shape index (κ2) is 5.33. The molecule has 0 spiro atoms. The summed E-state index contributed by atoms with van der Waals surface area (Å²) in [4.78, 5) is 0. The van der Waals surface area contributed by atoms with E-state index in [4.69, 9.17) is 0 Å². The third-order valence-electron chi connectivity index (χ3n) is 4.49. The van der Waals surface area contributed by atoms with Gasteiger partial charge in [-0.25, -0.2) is 0 Å². The van der Waals surface area contributed by atoms with Gasteiger partial charge in [0, 0.05) is 0 Å². The molecule has 0 amide bonds. The number of rotatable bonds is 3. The van der Waals surface area contributed by atoms with Crippen molar-refractivity contribution in [3.8, 4) is 11.1 Å². The normalized spacial score (nSPS) is 12.8. The second-order valence-corrected chi connectivity index (χ2v) is 6.90. The molecular formula is C18H21BS. The van der Waals surface area contributed by atoms with Crippen LogP contribution in [0.25, 0.3) is 11.1 Å². The van der Waals surface area contributed by atoms with Crippen LogP contribution in [0.4, 0.5) is 0 Å². The summed E-state index contributed by atoms with van der Waals surface area (Å²) in [6, 6.07) is 13.6. The Hall–Kier alpha value is -1.15. The number of benzene rings is 2. The van der Waals surface area contributed by atoms with Crippen molar-refractivity contribution in [2.45, 2.75) is 26.7 Å². The van der Waals surface area contributed by atoms with Crippen LogP contribution in [0, 0.1) is 6.92 Å². The first-order valence-electron chi connectivity index (χ1n) is 7.36. The molecule has 0 unspecified atom stereocenters. The lowest BCUT2D eigenvalue weighted by Crippen LogP contribution is -2.42. The number of fused-ring (bicyclic) bond motifs is 3. The molecule has 1 heterocycles. The van der Waals surface area contributed by atoms with E-state index >= 15 is 0 Å². The van der Waals surface area contributed by atoms with Crippen LogP contribution in [-0.4, -0.2) is 18.6 Å². The quantitative estimate of drug-likeness (QED) is 0.774. The maximum atomic E-state index is 2.34. The third-order valence-corrected chi connectivity index (χ3v) is 5.15. The molecular weight excluding hydrogens is 259 g/mol. The largest absolute Gasteiger partial charge is 0.221 e. The molecule has 0 bridgehead atoms. The lowest BCUT2D eigenvalue weighted by Gasteiger charge is -2.17. The Balaban J connectivity index is 2.24. The predicted molar refractivity (Wildman–Crippen MR) is 94.1 cm³/mol. The Morgan fingerprint density at radius 1 is 1.05 bits per heavy atom. The van der Waals surface area contributed by atoms with Crippen molar-refractivity contribution in [1.82, 2.24) is 0 Å². The zero-order chi connectivity index (χ0) is 14.3. The summed E-state index contributed by atoms with van der Waals surface area (Å²) in [7, 11) is 0. The van der Waals surface area contributed by atoms with Crippen molar-refractivity contribution in [2.24, 2.45) is 0 Å². The van der Waals surface area contributed by atoms with Gasteiger partial charge in [-0.1, -0.05) is 66.7 Å². The smallest absolute Gasteiger partial charge is 0.173 e. The number of hydrogen-bond donors (Lipinski definition) is 0. The monoisotopic (exact) mass is 280 g/mol. The topological polar surface area (TPSA) is 0 Å². The Labute approximate surface area is 127 Å². The Kier molecular flexibility index (Phi) is 3.68. The van der Waals surface area contributed by atoms with Crippen molar-refractivity contribution in [2.75, 3.05) is 11.9 Å². The van der Waals surface area contributed by atoms with Crippen molar-refractivity contribution in [3.63, 3.8) is 0 Å². The first-order chi connectivity index (χ1) is 9.65. The van der Waals surface area contributed by atoms with E-state index in [1.165, 1.54) is 33.4 Å². The average molecular weight is 280 g/mol. The van der Waals surface area contributed by atoms with Gasteiger partial charge in [-0.15, -0.1) is 0 Å². The van der Waals surface area contributed by atoms with E-state index in [9.17, 15) is 0 Å². The fourth-order valence-electron chi connectivity index (χ4n) is 3.60. The molecule has 3 rings (SSSR count). The van der Waals surface area contributed by atoms with E-state index in [0.29, 0.717) is 12.6 Å². The van der Waals surface area contributed by atoms with Crippen LogP contribution in [0.2, 0.25) is 0 Å². The third kappa shape index (κ3) is 2.02. The fourth-order valence-corrected chi connectivity index (χ4v) is 4.28. The highest BCUT2D eigenvalue weighted by Gasteiger charge is 2.33. The average Bonchev–Trinajstić information content (AvgIpc) is 2.75. The lowest BCUT2D eigenvalue weighted by atomic mass is 9.44. The van der Waals surface area contributed by atoms with Crippen molar-refractivity contribution < 1.29 is 0 Å². The van der Waals surface area contributed by atoms with E-state index in [2.05, 4.69) is 63.4 Å². The molecule has 0 atom stereocenters. The lowest BCUT2D eigenvalue weighted by molar-refractivity contribution is 0.858. The zero-order valence-corrected chi connectivity index (χ0v) is 13.6. The molecule has 20 heavy (non-hydrogen) atoms. The summed E-state index contributed by atoms with van der Waals surface area (Å²) in [6.45, 7) is 7.46. The van der Waals surface area contributed by atoms with Gasteiger partial charge in [0.15, 0.2) is 0 Å². The summed E-state index contributed by atoms with van der Waals surface area (Å²) < 4.78 is 0. The van der Waals surface area contributed by atoms with Gasteiger partial charge in [0.25, 0.3) is 0 Å². The van der Waals surface area contributed by atoms with Gasteiger partial charge in [0.05, 0.1) is 0 Å². The highest BCUT2D eigenvalue weighted by Crippen LogP contribution is 2.29. The van der Waals surface area contributed by atoms with E-state index in [0.717, 1.165) is 0 Å². The minimum Gasteiger partial charge on any atom is -0.173 e. The summed E-state index contributed by atoms with van der Waals surface area (Å²) in [5.41, 5.74) is 10.2. The first kappa shape index (κ1) is 13.8. The molecule has 2 aromatic carbocycles. The molecule has 0 nitrogen and oxygen atoms in total. The van der Waals surface area contributed by atoms with Crippen LogP contribution in [0.1, 0.15) is 30.9 Å². The van der Waals surface area contributed by atoms with Gasteiger partial charge in [-0.05, 0) is 41.4 Å². The molecule has 0 aromatic heterocycles. The Morgan fingerprint density at radius 3 is 2.50 bits per heavy atom. The maximum Gasteiger partial charge on any atom is 0.221 e. The van der Waals surface area contributed by atoms with Crippen LogP contribution in [0.3, 0.4) is 0 Å². The van der Waals surface area contributed by atoms with Crippen LogP contribution < -0.4 is 10.9 Å². The molecule has 0 saturated carbocycles. The van der Waals surface area contributed by atoms with E-state index < -0.39 is 0 Å². The van der Waals surface area contributed by atoms with Crippen LogP contribution in [0.5, 0.6) is 0 Å². The molecule has 2 aromatic rings. The standard InChI is InChI=1S/C18H21BS/c1-12(2)14-9-10-16-15-7-5-6-8-17(15)19(11-20-4)18(16)13(14)3/h5-10,12H,11H2,1-4H3. The van der Waals surface area contributed by atoms with E-state index in [1.807, 2.05) is 11.8 Å². The first-order valence-corrected chi connectivity index (χ1v) is 8.76. The van der Waals surface area contributed by atoms with Crippen LogP contribution in [0.15, 0.2) is 36.4 Å². The van der Waals surface area contributed by atoms with Crippen LogP contribution >= 0.6 is 11.8 Å². The number of hydrogen-bond acceptors (Lipinski definition) is 1. The van der Waals surface area contributed by atoms with Gasteiger partial charge < -0.3 is 0 Å². The molecule has 102 valence electrons. The minimum absolute atomic E-state index is 0.565. The maximum absolute atomic E-state index is 2.34. The summed E-state index contributed by atoms with van der Waals surface area (Å²) in [5, 5.41) is 0. The number of thioether (sulfide) groups is 1. The molecule has 0 saturated heterocycles. The van der Waals surface area contributed by atoms with Crippen molar-refractivity contribution in [1.29, 1.82) is 0 Å². The summed E-state index contributed by atoms with van der Waals surface area (Å²) in [6.07, 6.45) is 2.21. The molecule has 0 radical (unpaired) electrons. The van der Waals surface area contributed by atoms with E-state index in [-0.39, 0.29) is 0 Å². The van der Waals surface area contributed by atoms with Gasteiger partial charge in [-0.2, -0.15) is 11.8 Å². The second-order valence-electron chi connectivity index (χ2n) is 5.99. The van der Waals surface area contributed by atoms with Crippen LogP contribution in [-0.2, 0) is 0 Å². The molecule has 0 aliphatic carbocycles. The van der Waals surface area contributed by atoms with Gasteiger partial charge in [0.1, 0.15) is 0 Å². The minimum atomic E-state index is 0.565. The highest BCUT2D eigenvalue weighted by atomic mass is 32.2. The Morgan fingerprint density at radius 2 is 1.80 bits per heavy atom. The molecule has 1 aliphatic heterocycles. The fraction of sp³-hybridized carbons (Fsp3) is 0.333. The van der Waals surface area contributed by atoms with Crippen molar-refractivity contribution in [3.05, 3.63) is 47.5 Å². The molecule has 1 aliphatic rings. The molecule has 2 heteroatoms. The van der Waals surface area contributed by atoms with Gasteiger partial charge in [-0.3, -0.25) is 0 Å². The summed E-state index contributed by atoms with van der Waals surface area (Å²) >= 11 is 1.95. The summed E-state index contributed by atoms with van der Waals surface area (Å²) in [5.74, 6) is 0.596. The Bertz CT molecular complexity index is 646. The van der Waals surface area contributed by atoms with Gasteiger partial charge >= 0.3 is 0 Å². The van der Waals surface area contributed by atoms with E-state index in [1.54, 1.807) is 5.46 Å². The van der Waals surface area contributed by atoms with Crippen molar-refractivity contribution >= 4 is 29.4 Å².